The summed E-state index contributed by atoms with van der Waals surface area (Å²) in [6, 6.07) is 12.7. The van der Waals surface area contributed by atoms with Crippen LogP contribution in [0.3, 0.4) is 0 Å². The molecule has 0 spiro atoms. The first-order chi connectivity index (χ1) is 14.4. The van der Waals surface area contributed by atoms with Gasteiger partial charge in [-0.15, -0.1) is 0 Å². The number of ketones is 1. The van der Waals surface area contributed by atoms with Crippen molar-refractivity contribution in [2.45, 2.75) is 66.7 Å². The largest absolute Gasteiger partial charge is 0.486 e. The first-order valence-electron chi connectivity index (χ1n) is 10.9. The van der Waals surface area contributed by atoms with E-state index < -0.39 is 16.4 Å². The zero-order chi connectivity index (χ0) is 23.4. The molecule has 0 aromatic heterocycles. The van der Waals surface area contributed by atoms with Crippen LogP contribution in [0.4, 0.5) is 5.69 Å². The van der Waals surface area contributed by atoms with Crippen LogP contribution in [0, 0.1) is 19.3 Å². The molecule has 2 rings (SSSR count). The molecule has 0 fully saturated rings. The summed E-state index contributed by atoms with van der Waals surface area (Å²) in [7, 11) is -1.10. The van der Waals surface area contributed by atoms with Gasteiger partial charge in [0.1, 0.15) is 23.3 Å². The summed E-state index contributed by atoms with van der Waals surface area (Å²) in [5.74, 6) is 0.841. The summed E-state index contributed by atoms with van der Waals surface area (Å²) in [5, 5.41) is 0. The molecule has 170 valence electrons. The first kappa shape index (κ1) is 25.1. The lowest BCUT2D eigenvalue weighted by Gasteiger charge is -2.34. The van der Waals surface area contributed by atoms with Crippen molar-refractivity contribution in [2.24, 2.45) is 5.41 Å². The van der Waals surface area contributed by atoms with Crippen LogP contribution in [-0.4, -0.2) is 22.9 Å². The van der Waals surface area contributed by atoms with E-state index in [4.69, 9.17) is 4.74 Å². The van der Waals surface area contributed by atoms with E-state index in [0.29, 0.717) is 0 Å². The van der Waals surface area contributed by atoms with Gasteiger partial charge in [-0.3, -0.25) is 4.79 Å². The van der Waals surface area contributed by atoms with Crippen molar-refractivity contribution in [2.75, 3.05) is 17.6 Å². The molecule has 2 aromatic carbocycles. The molecule has 0 heterocycles. The molecule has 0 aliphatic heterocycles. The summed E-state index contributed by atoms with van der Waals surface area (Å²) in [4.78, 5) is 12.2. The second-order valence-electron chi connectivity index (χ2n) is 9.32. The van der Waals surface area contributed by atoms with E-state index in [9.17, 15) is 9.00 Å². The van der Waals surface area contributed by atoms with E-state index in [1.165, 1.54) is 11.1 Å². The maximum absolute atomic E-state index is 12.2. The topological polar surface area (TPSA) is 55.4 Å². The van der Waals surface area contributed by atoms with Crippen molar-refractivity contribution in [3.8, 4) is 5.75 Å². The minimum Gasteiger partial charge on any atom is -0.486 e. The summed E-state index contributed by atoms with van der Waals surface area (Å²) >= 11 is 0. The Bertz CT molecular complexity index is 956. The number of Topliss-reactive ketones (excluding diaryl/α,β-unsaturated/α-hetero) is 1. The number of anilines is 1. The summed E-state index contributed by atoms with van der Waals surface area (Å²) in [6.45, 7) is 14.3. The van der Waals surface area contributed by atoms with E-state index in [0.717, 1.165) is 35.4 Å². The second kappa shape index (κ2) is 9.99. The van der Waals surface area contributed by atoms with Crippen LogP contribution >= 0.6 is 0 Å². The molecule has 1 atom stereocenters. The maximum atomic E-state index is 12.2. The minimum absolute atomic E-state index is 0.0862. The lowest BCUT2D eigenvalue weighted by molar-refractivity contribution is -0.128. The van der Waals surface area contributed by atoms with Crippen molar-refractivity contribution in [1.82, 2.24) is 0 Å². The van der Waals surface area contributed by atoms with Crippen molar-refractivity contribution in [3.05, 3.63) is 58.7 Å². The normalized spacial score (nSPS) is 13.0. The number of hydrogen-bond donors (Lipinski definition) is 1. The van der Waals surface area contributed by atoms with Crippen LogP contribution < -0.4 is 9.46 Å². The van der Waals surface area contributed by atoms with Gasteiger partial charge < -0.3 is 9.46 Å². The zero-order valence-corrected chi connectivity index (χ0v) is 21.0. The molecule has 31 heavy (non-hydrogen) atoms. The number of rotatable bonds is 9. The van der Waals surface area contributed by atoms with Gasteiger partial charge in [-0.1, -0.05) is 58.9 Å². The van der Waals surface area contributed by atoms with Crippen LogP contribution in [0.1, 0.15) is 69.7 Å². The van der Waals surface area contributed by atoms with Gasteiger partial charge in [-0.2, -0.15) is 0 Å². The number of nitrogens with one attached hydrogen (secondary N) is 1. The molecule has 0 saturated carbocycles. The average molecular weight is 444 g/mol. The van der Waals surface area contributed by atoms with E-state index >= 15 is 0 Å². The Morgan fingerprint density at radius 1 is 0.968 bits per heavy atom. The van der Waals surface area contributed by atoms with Gasteiger partial charge in [-0.25, -0.2) is 4.21 Å². The molecule has 0 aliphatic carbocycles. The molecular weight excluding hydrogens is 406 g/mol. The van der Waals surface area contributed by atoms with Crippen LogP contribution in [0.2, 0.25) is 0 Å². The number of aryl methyl sites for hydroxylation is 2. The second-order valence-corrected chi connectivity index (χ2v) is 10.4. The fourth-order valence-electron chi connectivity index (χ4n) is 3.93. The number of carbonyl (C=O) groups is 1. The number of ether oxygens (including phenoxy) is 1. The SMILES string of the molecule is CCC(CC)(c1ccc(NS(C)=O)c(C)c1)c1ccc(OCC(=O)C(C)(C)C)c(C)c1. The number of carbonyl (C=O) groups excluding carboxylic acids is 1. The molecule has 0 aliphatic rings. The predicted octanol–water partition coefficient (Wildman–Crippen LogP) is 6.11. The van der Waals surface area contributed by atoms with Crippen molar-refractivity contribution >= 4 is 22.5 Å². The third-order valence-electron chi connectivity index (χ3n) is 6.16. The van der Waals surface area contributed by atoms with Gasteiger partial charge in [0.25, 0.3) is 0 Å². The van der Waals surface area contributed by atoms with E-state index in [1.54, 1.807) is 6.26 Å². The van der Waals surface area contributed by atoms with Gasteiger partial charge in [0.15, 0.2) is 5.78 Å². The lowest BCUT2D eigenvalue weighted by Crippen LogP contribution is -2.27. The molecule has 0 amide bonds. The molecule has 0 saturated heterocycles. The molecule has 5 heteroatoms. The average Bonchev–Trinajstić information content (AvgIpc) is 2.69. The Labute approximate surface area is 190 Å². The quantitative estimate of drug-likeness (QED) is 0.509. The van der Waals surface area contributed by atoms with Crippen LogP contribution in [0.15, 0.2) is 36.4 Å². The highest BCUT2D eigenvalue weighted by Crippen LogP contribution is 2.41. The summed E-state index contributed by atoms with van der Waals surface area (Å²) < 4.78 is 20.4. The smallest absolute Gasteiger partial charge is 0.175 e. The fourth-order valence-corrected chi connectivity index (χ4v) is 4.47. The lowest BCUT2D eigenvalue weighted by atomic mass is 9.70. The maximum Gasteiger partial charge on any atom is 0.175 e. The van der Waals surface area contributed by atoms with Crippen LogP contribution in [0.5, 0.6) is 5.75 Å². The van der Waals surface area contributed by atoms with Gasteiger partial charge in [0.05, 0.1) is 0 Å². The van der Waals surface area contributed by atoms with Crippen LogP contribution in [-0.2, 0) is 21.2 Å². The highest BCUT2D eigenvalue weighted by atomic mass is 32.2. The fraction of sp³-hybridized carbons (Fsp3) is 0.500. The monoisotopic (exact) mass is 443 g/mol. The molecule has 1 unspecified atom stereocenters. The first-order valence-corrected chi connectivity index (χ1v) is 12.5. The Kier molecular flexibility index (Phi) is 8.09. The highest BCUT2D eigenvalue weighted by Gasteiger charge is 2.31. The zero-order valence-electron chi connectivity index (χ0n) is 20.2. The van der Waals surface area contributed by atoms with Crippen molar-refractivity contribution in [3.63, 3.8) is 0 Å². The molecule has 0 radical (unpaired) electrons. The predicted molar refractivity (Wildman–Crippen MR) is 131 cm³/mol. The van der Waals surface area contributed by atoms with E-state index in [1.807, 2.05) is 46.8 Å². The Hall–Kier alpha value is -2.14. The summed E-state index contributed by atoms with van der Waals surface area (Å²) in [6.07, 6.45) is 3.55. The highest BCUT2D eigenvalue weighted by molar-refractivity contribution is 7.85. The standard InChI is InChI=1S/C26H37NO3S/c1-9-26(10-2,20-11-13-22(18(3)15-20)27-31(8)29)21-12-14-23(19(4)16-21)30-17-24(28)25(5,6)7/h11-16,27H,9-10,17H2,1-8H3. The number of hydrogen-bond acceptors (Lipinski definition) is 3. The minimum atomic E-state index is -1.10. The van der Waals surface area contributed by atoms with Crippen molar-refractivity contribution < 1.29 is 13.7 Å². The molecule has 4 nitrogen and oxygen atoms in total. The van der Waals surface area contributed by atoms with E-state index in [2.05, 4.69) is 42.8 Å². The Balaban J connectivity index is 2.38. The van der Waals surface area contributed by atoms with Gasteiger partial charge >= 0.3 is 0 Å². The Morgan fingerprint density at radius 3 is 1.97 bits per heavy atom. The van der Waals surface area contributed by atoms with Crippen LogP contribution in [0.25, 0.3) is 0 Å². The van der Waals surface area contributed by atoms with Crippen molar-refractivity contribution in [1.29, 1.82) is 0 Å². The molecule has 0 bridgehead atoms. The Morgan fingerprint density at radius 2 is 1.52 bits per heavy atom. The number of benzene rings is 2. The van der Waals surface area contributed by atoms with Gasteiger partial charge in [0.2, 0.25) is 0 Å². The van der Waals surface area contributed by atoms with Gasteiger partial charge in [0, 0.05) is 22.8 Å². The summed E-state index contributed by atoms with van der Waals surface area (Å²) in [5.41, 5.74) is 4.96. The van der Waals surface area contributed by atoms with E-state index in [-0.39, 0.29) is 17.8 Å². The molecule has 1 N–H and O–H groups in total. The molecular formula is C26H37NO3S. The molecule has 2 aromatic rings. The third kappa shape index (κ3) is 5.76. The third-order valence-corrected chi connectivity index (χ3v) is 6.67. The van der Waals surface area contributed by atoms with Gasteiger partial charge in [-0.05, 0) is 61.1 Å².